The second-order valence-corrected chi connectivity index (χ2v) is 5.41. The van der Waals surface area contributed by atoms with Crippen molar-refractivity contribution < 1.29 is 0 Å². The zero-order valence-corrected chi connectivity index (χ0v) is 12.6. The van der Waals surface area contributed by atoms with Crippen LogP contribution in [-0.2, 0) is 0 Å². The molecule has 1 aromatic rings. The fourth-order valence-electron chi connectivity index (χ4n) is 1.68. The van der Waals surface area contributed by atoms with Gasteiger partial charge < -0.3 is 5.32 Å². The topological polar surface area (TPSA) is 12.0 Å². The van der Waals surface area contributed by atoms with Crippen molar-refractivity contribution in [1.29, 1.82) is 0 Å². The normalized spacial score (nSPS) is 12.4. The summed E-state index contributed by atoms with van der Waals surface area (Å²) in [7, 11) is 0. The third kappa shape index (κ3) is 4.04. The fourth-order valence-corrected chi connectivity index (χ4v) is 2.58. The number of allylic oxidation sites excluding steroid dienone is 1. The van der Waals surface area contributed by atoms with Crippen LogP contribution < -0.4 is 5.32 Å². The molecule has 0 bridgehead atoms. The molecule has 3 heteroatoms. The first-order valence-electron chi connectivity index (χ1n) is 5.48. The first-order valence-corrected chi connectivity index (χ1v) is 7.06. The van der Waals surface area contributed by atoms with Crippen LogP contribution in [0, 0.1) is 0 Å². The number of nitrogens with one attached hydrogen (secondary N) is 1. The smallest absolute Gasteiger partial charge is 0.0334 e. The minimum Gasteiger partial charge on any atom is -0.310 e. The summed E-state index contributed by atoms with van der Waals surface area (Å²) in [6.45, 7) is 6.88. The van der Waals surface area contributed by atoms with Gasteiger partial charge >= 0.3 is 0 Å². The van der Waals surface area contributed by atoms with Crippen molar-refractivity contribution in [3.8, 4) is 0 Å². The van der Waals surface area contributed by atoms with E-state index < -0.39 is 0 Å². The fraction of sp³-hybridized carbons (Fsp3) is 0.385. The lowest BCUT2D eigenvalue weighted by Crippen LogP contribution is -2.21. The quantitative estimate of drug-likeness (QED) is 0.727. The highest BCUT2D eigenvalue weighted by Crippen LogP contribution is 2.29. The summed E-state index contributed by atoms with van der Waals surface area (Å²) >= 11 is 7.12. The number of hydrogen-bond donors (Lipinski definition) is 1. The SMILES string of the molecule is C=CCCC(NCC)c1cc(Br)ccc1Br. The molecule has 0 aliphatic heterocycles. The van der Waals surface area contributed by atoms with Crippen molar-refractivity contribution in [2.75, 3.05) is 6.54 Å². The Kier molecular flexibility index (Phi) is 6.32. The van der Waals surface area contributed by atoms with Crippen LogP contribution in [0.15, 0.2) is 39.8 Å². The Hall–Kier alpha value is -0.120. The van der Waals surface area contributed by atoms with Crippen LogP contribution in [0.5, 0.6) is 0 Å². The second-order valence-electron chi connectivity index (χ2n) is 3.64. The third-order valence-electron chi connectivity index (χ3n) is 2.44. The molecule has 0 aliphatic rings. The summed E-state index contributed by atoms with van der Waals surface area (Å²) < 4.78 is 2.28. The average Bonchev–Trinajstić information content (AvgIpc) is 2.28. The Morgan fingerprint density at radius 2 is 2.19 bits per heavy atom. The van der Waals surface area contributed by atoms with Crippen molar-refractivity contribution in [2.45, 2.75) is 25.8 Å². The Morgan fingerprint density at radius 1 is 1.44 bits per heavy atom. The zero-order valence-electron chi connectivity index (χ0n) is 9.47. The molecule has 0 amide bonds. The van der Waals surface area contributed by atoms with Crippen molar-refractivity contribution in [1.82, 2.24) is 5.32 Å². The molecule has 0 radical (unpaired) electrons. The first-order chi connectivity index (χ1) is 7.69. The van der Waals surface area contributed by atoms with Gasteiger partial charge in [-0.25, -0.2) is 0 Å². The molecule has 0 aromatic heterocycles. The van der Waals surface area contributed by atoms with Gasteiger partial charge in [0.05, 0.1) is 0 Å². The molecule has 16 heavy (non-hydrogen) atoms. The lowest BCUT2D eigenvalue weighted by molar-refractivity contribution is 0.518. The molecule has 1 nitrogen and oxygen atoms in total. The van der Waals surface area contributed by atoms with E-state index in [-0.39, 0.29) is 0 Å². The molecular formula is C13H17Br2N. The lowest BCUT2D eigenvalue weighted by Gasteiger charge is -2.19. The highest BCUT2D eigenvalue weighted by molar-refractivity contribution is 9.11. The third-order valence-corrected chi connectivity index (χ3v) is 3.66. The molecule has 1 aromatic carbocycles. The van der Waals surface area contributed by atoms with E-state index in [4.69, 9.17) is 0 Å². The van der Waals surface area contributed by atoms with Gasteiger partial charge in [0.1, 0.15) is 0 Å². The summed E-state index contributed by atoms with van der Waals surface area (Å²) in [4.78, 5) is 0. The predicted octanol–water partition coefficient (Wildman–Crippen LogP) is 4.83. The maximum atomic E-state index is 3.78. The summed E-state index contributed by atoms with van der Waals surface area (Å²) in [5, 5.41) is 3.50. The summed E-state index contributed by atoms with van der Waals surface area (Å²) in [6.07, 6.45) is 4.07. The molecule has 0 saturated carbocycles. The average molecular weight is 347 g/mol. The van der Waals surface area contributed by atoms with Crippen molar-refractivity contribution >= 4 is 31.9 Å². The van der Waals surface area contributed by atoms with Gasteiger partial charge in [-0.2, -0.15) is 0 Å². The minimum atomic E-state index is 0.384. The van der Waals surface area contributed by atoms with E-state index >= 15 is 0 Å². The van der Waals surface area contributed by atoms with E-state index in [1.54, 1.807) is 0 Å². The van der Waals surface area contributed by atoms with E-state index in [9.17, 15) is 0 Å². The molecule has 1 rings (SSSR count). The van der Waals surface area contributed by atoms with Crippen molar-refractivity contribution in [3.05, 3.63) is 45.4 Å². The van der Waals surface area contributed by atoms with Gasteiger partial charge in [-0.3, -0.25) is 0 Å². The van der Waals surface area contributed by atoms with Crippen LogP contribution in [0.25, 0.3) is 0 Å². The van der Waals surface area contributed by atoms with Crippen molar-refractivity contribution in [2.24, 2.45) is 0 Å². The number of hydrogen-bond acceptors (Lipinski definition) is 1. The molecule has 0 spiro atoms. The van der Waals surface area contributed by atoms with Gasteiger partial charge in [-0.1, -0.05) is 44.9 Å². The highest BCUT2D eigenvalue weighted by Gasteiger charge is 2.12. The highest BCUT2D eigenvalue weighted by atomic mass is 79.9. The second kappa shape index (κ2) is 7.25. The van der Waals surface area contributed by atoms with Gasteiger partial charge in [0.2, 0.25) is 0 Å². The largest absolute Gasteiger partial charge is 0.310 e. The molecule has 1 atom stereocenters. The minimum absolute atomic E-state index is 0.384. The summed E-state index contributed by atoms with van der Waals surface area (Å²) in [6, 6.07) is 6.68. The summed E-state index contributed by atoms with van der Waals surface area (Å²) in [5.41, 5.74) is 1.30. The van der Waals surface area contributed by atoms with Crippen LogP contribution in [0.1, 0.15) is 31.4 Å². The zero-order chi connectivity index (χ0) is 12.0. The maximum absolute atomic E-state index is 3.78. The molecule has 0 heterocycles. The van der Waals surface area contributed by atoms with E-state index in [1.807, 2.05) is 12.1 Å². The standard InChI is InChI=1S/C13H17Br2N/c1-3-5-6-13(16-4-2)11-9-10(14)7-8-12(11)15/h3,7-9,13,16H,1,4-6H2,2H3. The van der Waals surface area contributed by atoms with Crippen LogP contribution in [-0.4, -0.2) is 6.54 Å². The summed E-state index contributed by atoms with van der Waals surface area (Å²) in [5.74, 6) is 0. The van der Waals surface area contributed by atoms with E-state index in [0.29, 0.717) is 6.04 Å². The Morgan fingerprint density at radius 3 is 2.81 bits per heavy atom. The lowest BCUT2D eigenvalue weighted by atomic mass is 10.0. The van der Waals surface area contributed by atoms with Gasteiger partial charge in [-0.15, -0.1) is 6.58 Å². The Balaban J connectivity index is 2.89. The van der Waals surface area contributed by atoms with Gasteiger partial charge in [0, 0.05) is 15.0 Å². The molecule has 1 unspecified atom stereocenters. The monoisotopic (exact) mass is 345 g/mol. The van der Waals surface area contributed by atoms with E-state index in [0.717, 1.165) is 28.3 Å². The molecule has 0 aliphatic carbocycles. The van der Waals surface area contributed by atoms with Crippen LogP contribution in [0.4, 0.5) is 0 Å². The van der Waals surface area contributed by atoms with Gasteiger partial charge in [0.25, 0.3) is 0 Å². The molecular weight excluding hydrogens is 330 g/mol. The van der Waals surface area contributed by atoms with Crippen LogP contribution in [0.3, 0.4) is 0 Å². The molecule has 1 N–H and O–H groups in total. The van der Waals surface area contributed by atoms with Crippen molar-refractivity contribution in [3.63, 3.8) is 0 Å². The Bertz CT molecular complexity index is 350. The first kappa shape index (κ1) is 13.9. The predicted molar refractivity (Wildman–Crippen MR) is 77.7 cm³/mol. The van der Waals surface area contributed by atoms with Crippen LogP contribution in [0.2, 0.25) is 0 Å². The number of rotatable bonds is 6. The van der Waals surface area contributed by atoms with Gasteiger partial charge in [-0.05, 0) is 43.1 Å². The molecule has 0 fully saturated rings. The molecule has 0 saturated heterocycles. The van der Waals surface area contributed by atoms with E-state index in [1.165, 1.54) is 5.56 Å². The number of benzene rings is 1. The molecule has 88 valence electrons. The number of halogens is 2. The maximum Gasteiger partial charge on any atom is 0.0334 e. The van der Waals surface area contributed by atoms with Crippen LogP contribution >= 0.6 is 31.9 Å². The Labute approximate surface area is 115 Å². The van der Waals surface area contributed by atoms with Gasteiger partial charge in [0.15, 0.2) is 0 Å². The van der Waals surface area contributed by atoms with E-state index in [2.05, 4.69) is 62.8 Å².